The largest absolute Gasteiger partial charge is 0.366 e. The fourth-order valence-electron chi connectivity index (χ4n) is 3.04. The van der Waals surface area contributed by atoms with Crippen molar-refractivity contribution in [3.8, 4) is 0 Å². The second-order valence-corrected chi connectivity index (χ2v) is 6.15. The molecule has 22 heavy (non-hydrogen) atoms. The highest BCUT2D eigenvalue weighted by molar-refractivity contribution is 6.30. The molecule has 1 aliphatic heterocycles. The molecule has 7 heteroatoms. The molecule has 2 aromatic rings. The molecular formula is C15H17ClN4O2. The molecule has 6 nitrogen and oxygen atoms in total. The molecule has 1 aliphatic rings. The number of nitro groups is 1. The Morgan fingerprint density at radius 1 is 1.50 bits per heavy atom. The summed E-state index contributed by atoms with van der Waals surface area (Å²) in [5.41, 5.74) is 1.94. The van der Waals surface area contributed by atoms with Crippen molar-refractivity contribution in [1.29, 1.82) is 0 Å². The highest BCUT2D eigenvalue weighted by Crippen LogP contribution is 2.34. The van der Waals surface area contributed by atoms with Crippen molar-refractivity contribution in [2.24, 2.45) is 13.0 Å². The van der Waals surface area contributed by atoms with Gasteiger partial charge in [0.05, 0.1) is 11.1 Å². The third kappa shape index (κ3) is 3.06. The zero-order chi connectivity index (χ0) is 15.7. The molecule has 1 saturated heterocycles. The lowest BCUT2D eigenvalue weighted by atomic mass is 10.0. The van der Waals surface area contributed by atoms with Crippen LogP contribution in [0.1, 0.15) is 12.0 Å². The number of nitro benzene ring substituents is 1. The smallest absolute Gasteiger partial charge is 0.294 e. The quantitative estimate of drug-likeness (QED) is 0.641. The van der Waals surface area contributed by atoms with Gasteiger partial charge in [-0.3, -0.25) is 14.8 Å². The van der Waals surface area contributed by atoms with Gasteiger partial charge in [0.15, 0.2) is 0 Å². The second-order valence-electron chi connectivity index (χ2n) is 5.72. The van der Waals surface area contributed by atoms with Crippen LogP contribution >= 0.6 is 11.6 Å². The van der Waals surface area contributed by atoms with Crippen LogP contribution in [-0.4, -0.2) is 27.8 Å². The zero-order valence-corrected chi connectivity index (χ0v) is 13.0. The van der Waals surface area contributed by atoms with Crippen LogP contribution in [0.2, 0.25) is 5.02 Å². The summed E-state index contributed by atoms with van der Waals surface area (Å²) >= 11 is 5.87. The molecule has 3 rings (SSSR count). The molecule has 0 saturated carbocycles. The first-order chi connectivity index (χ1) is 10.5. The summed E-state index contributed by atoms with van der Waals surface area (Å²) in [6.45, 7) is 1.64. The number of benzene rings is 1. The van der Waals surface area contributed by atoms with Gasteiger partial charge in [-0.2, -0.15) is 5.10 Å². The zero-order valence-electron chi connectivity index (χ0n) is 12.3. The monoisotopic (exact) mass is 320 g/mol. The maximum Gasteiger partial charge on any atom is 0.294 e. The third-order valence-electron chi connectivity index (χ3n) is 4.04. The standard InChI is InChI=1S/C15H17ClN4O2/c1-18-9-12(8-17-18)6-11-4-5-19(10-11)14-3-2-13(16)7-15(14)20(21)22/h2-3,7-9,11H,4-6,10H2,1H3. The molecule has 0 N–H and O–H groups in total. The first-order valence-electron chi connectivity index (χ1n) is 7.19. The van der Waals surface area contributed by atoms with Crippen molar-refractivity contribution in [1.82, 2.24) is 9.78 Å². The van der Waals surface area contributed by atoms with Crippen LogP contribution in [0.3, 0.4) is 0 Å². The Kier molecular flexibility index (Phi) is 4.02. The number of anilines is 1. The van der Waals surface area contributed by atoms with Crippen molar-refractivity contribution in [2.75, 3.05) is 18.0 Å². The second kappa shape index (κ2) is 5.96. The lowest BCUT2D eigenvalue weighted by molar-refractivity contribution is -0.384. The van der Waals surface area contributed by atoms with Gasteiger partial charge in [0, 0.05) is 37.4 Å². The summed E-state index contributed by atoms with van der Waals surface area (Å²) in [5, 5.41) is 15.8. The van der Waals surface area contributed by atoms with Crippen molar-refractivity contribution in [2.45, 2.75) is 12.8 Å². The highest BCUT2D eigenvalue weighted by atomic mass is 35.5. The van der Waals surface area contributed by atoms with Gasteiger partial charge in [0.25, 0.3) is 5.69 Å². The highest BCUT2D eigenvalue weighted by Gasteiger charge is 2.28. The van der Waals surface area contributed by atoms with Gasteiger partial charge in [-0.1, -0.05) is 11.6 Å². The van der Waals surface area contributed by atoms with Crippen LogP contribution in [-0.2, 0) is 13.5 Å². The van der Waals surface area contributed by atoms with E-state index in [0.717, 1.165) is 25.9 Å². The Labute approximate surface area is 133 Å². The van der Waals surface area contributed by atoms with E-state index in [1.54, 1.807) is 16.8 Å². The van der Waals surface area contributed by atoms with E-state index in [-0.39, 0.29) is 10.6 Å². The molecule has 2 heterocycles. The van der Waals surface area contributed by atoms with Crippen LogP contribution in [0, 0.1) is 16.0 Å². The van der Waals surface area contributed by atoms with Crippen LogP contribution in [0.25, 0.3) is 0 Å². The Bertz CT molecular complexity index is 701. The molecular weight excluding hydrogens is 304 g/mol. The third-order valence-corrected chi connectivity index (χ3v) is 4.28. The van der Waals surface area contributed by atoms with E-state index in [4.69, 9.17) is 11.6 Å². The summed E-state index contributed by atoms with van der Waals surface area (Å²) in [6, 6.07) is 4.87. The number of hydrogen-bond donors (Lipinski definition) is 0. The normalized spacial score (nSPS) is 17.9. The lowest BCUT2D eigenvalue weighted by Crippen LogP contribution is -2.21. The first kappa shape index (κ1) is 14.8. The molecule has 116 valence electrons. The summed E-state index contributed by atoms with van der Waals surface area (Å²) in [7, 11) is 1.90. The van der Waals surface area contributed by atoms with E-state index in [9.17, 15) is 10.1 Å². The van der Waals surface area contributed by atoms with E-state index in [2.05, 4.69) is 10.00 Å². The maximum atomic E-state index is 11.2. The minimum Gasteiger partial charge on any atom is -0.366 e. The summed E-state index contributed by atoms with van der Waals surface area (Å²) in [5.74, 6) is 0.486. The van der Waals surface area contributed by atoms with Gasteiger partial charge < -0.3 is 4.90 Å². The van der Waals surface area contributed by atoms with E-state index in [0.29, 0.717) is 16.6 Å². The van der Waals surface area contributed by atoms with Crippen molar-refractivity contribution < 1.29 is 4.92 Å². The number of halogens is 1. The molecule has 0 radical (unpaired) electrons. The van der Waals surface area contributed by atoms with Gasteiger partial charge >= 0.3 is 0 Å². The fraction of sp³-hybridized carbons (Fsp3) is 0.400. The molecule has 1 aromatic carbocycles. The predicted octanol–water partition coefficient (Wildman–Crippen LogP) is 3.05. The first-order valence-corrected chi connectivity index (χ1v) is 7.57. The lowest BCUT2D eigenvalue weighted by Gasteiger charge is -2.18. The minimum absolute atomic E-state index is 0.0783. The molecule has 0 spiro atoms. The topological polar surface area (TPSA) is 64.2 Å². The van der Waals surface area contributed by atoms with E-state index < -0.39 is 0 Å². The maximum absolute atomic E-state index is 11.2. The average molecular weight is 321 g/mol. The molecule has 0 bridgehead atoms. The Hall–Kier alpha value is -2.08. The predicted molar refractivity (Wildman–Crippen MR) is 85.3 cm³/mol. The van der Waals surface area contributed by atoms with Gasteiger partial charge in [-0.15, -0.1) is 0 Å². The van der Waals surface area contributed by atoms with E-state index in [1.807, 2.05) is 19.4 Å². The number of hydrogen-bond acceptors (Lipinski definition) is 4. The molecule has 0 aliphatic carbocycles. The van der Waals surface area contributed by atoms with E-state index >= 15 is 0 Å². The van der Waals surface area contributed by atoms with Crippen molar-refractivity contribution in [3.63, 3.8) is 0 Å². The Balaban J connectivity index is 1.74. The van der Waals surface area contributed by atoms with Crippen LogP contribution in [0.15, 0.2) is 30.6 Å². The SMILES string of the molecule is Cn1cc(CC2CCN(c3ccc(Cl)cc3[N+](=O)[O-])C2)cn1. The van der Waals surface area contributed by atoms with Gasteiger partial charge in [-0.05, 0) is 36.5 Å². The average Bonchev–Trinajstić information content (AvgIpc) is 3.08. The van der Waals surface area contributed by atoms with Gasteiger partial charge in [0.1, 0.15) is 5.69 Å². The summed E-state index contributed by atoms with van der Waals surface area (Å²) in [6.07, 6.45) is 5.88. The fourth-order valence-corrected chi connectivity index (χ4v) is 3.21. The van der Waals surface area contributed by atoms with Gasteiger partial charge in [-0.25, -0.2) is 0 Å². The summed E-state index contributed by atoms with van der Waals surface area (Å²) in [4.78, 5) is 12.9. The Morgan fingerprint density at radius 3 is 3.00 bits per heavy atom. The van der Waals surface area contributed by atoms with Crippen molar-refractivity contribution >= 4 is 23.0 Å². The molecule has 1 fully saturated rings. The molecule has 1 aromatic heterocycles. The number of aromatic nitrogens is 2. The number of aryl methyl sites for hydroxylation is 1. The number of nitrogens with zero attached hydrogens (tertiary/aromatic N) is 4. The van der Waals surface area contributed by atoms with Crippen LogP contribution in [0.5, 0.6) is 0 Å². The molecule has 1 atom stereocenters. The van der Waals surface area contributed by atoms with Crippen LogP contribution in [0.4, 0.5) is 11.4 Å². The molecule has 1 unspecified atom stereocenters. The molecule has 0 amide bonds. The number of rotatable bonds is 4. The van der Waals surface area contributed by atoms with E-state index in [1.165, 1.54) is 11.6 Å². The van der Waals surface area contributed by atoms with Crippen molar-refractivity contribution in [3.05, 3.63) is 51.3 Å². The summed E-state index contributed by atoms with van der Waals surface area (Å²) < 4.78 is 1.80. The van der Waals surface area contributed by atoms with Crippen LogP contribution < -0.4 is 4.90 Å². The van der Waals surface area contributed by atoms with Gasteiger partial charge in [0.2, 0.25) is 0 Å². The Morgan fingerprint density at radius 2 is 2.32 bits per heavy atom. The minimum atomic E-state index is -0.365.